The second-order valence-corrected chi connectivity index (χ2v) is 11.7. The Morgan fingerprint density at radius 1 is 1.03 bits per heavy atom. The van der Waals surface area contributed by atoms with Gasteiger partial charge in [-0.1, -0.05) is 41.9 Å². The van der Waals surface area contributed by atoms with Gasteiger partial charge in [0.25, 0.3) is 0 Å². The Labute approximate surface area is 229 Å². The minimum atomic E-state index is -0.636. The van der Waals surface area contributed by atoms with Crippen molar-refractivity contribution in [1.82, 2.24) is 15.5 Å². The molecule has 1 unspecified atom stereocenters. The zero-order chi connectivity index (χ0) is 26.9. The van der Waals surface area contributed by atoms with Crippen molar-refractivity contribution in [3.05, 3.63) is 64.7 Å². The summed E-state index contributed by atoms with van der Waals surface area (Å²) < 4.78 is 0. The molecule has 3 aliphatic heterocycles. The van der Waals surface area contributed by atoms with E-state index in [1.54, 1.807) is 0 Å². The van der Waals surface area contributed by atoms with Crippen LogP contribution in [0.1, 0.15) is 50.7 Å². The lowest BCUT2D eigenvalue weighted by molar-refractivity contribution is -0.138. The van der Waals surface area contributed by atoms with Crippen LogP contribution in [0.2, 0.25) is 5.02 Å². The number of carbonyl (C=O) groups excluding carboxylic acids is 3. The highest BCUT2D eigenvalue weighted by Gasteiger charge is 2.47. The molecule has 0 aromatic heterocycles. The van der Waals surface area contributed by atoms with E-state index < -0.39 is 11.5 Å². The lowest BCUT2D eigenvalue weighted by atomic mass is 9.86. The van der Waals surface area contributed by atoms with Crippen LogP contribution in [-0.4, -0.2) is 60.9 Å². The van der Waals surface area contributed by atoms with Crippen molar-refractivity contribution in [2.24, 2.45) is 5.92 Å². The number of benzene rings is 2. The molecule has 0 radical (unpaired) electrons. The third kappa shape index (κ3) is 5.32. The molecule has 3 heterocycles. The van der Waals surface area contributed by atoms with E-state index >= 15 is 0 Å². The molecule has 0 bridgehead atoms. The minimum Gasteiger partial charge on any atom is -0.344 e. The maximum Gasteiger partial charge on any atom is 0.245 e. The fourth-order valence-electron chi connectivity index (χ4n) is 6.10. The van der Waals surface area contributed by atoms with Crippen molar-refractivity contribution in [3.8, 4) is 0 Å². The molecule has 7 nitrogen and oxygen atoms in total. The first-order chi connectivity index (χ1) is 18.3. The SMILES string of the molecule is CC1(C)C(=O)N(C2CCN(C(=O)C(Cc3ccc(Cl)cc3)NC(=O)C3CCNCC3)CC2)c2ccccc21. The number of hydrogen-bond acceptors (Lipinski definition) is 4. The molecule has 1 atom stereocenters. The molecule has 5 rings (SSSR count). The number of halogens is 1. The third-order valence-corrected chi connectivity index (χ3v) is 8.66. The standard InChI is InChI=1S/C30H37ClN4O3/c1-30(2)24-5-3-4-6-26(24)35(29(30)38)23-13-17-34(18-14-23)28(37)25(19-20-7-9-22(31)10-8-20)33-27(36)21-11-15-32-16-12-21/h3-10,21,23,25,32H,11-19H2,1-2H3,(H,33,36). The second kappa shape index (κ2) is 11.1. The number of amides is 3. The van der Waals surface area contributed by atoms with E-state index in [2.05, 4.69) is 10.6 Å². The van der Waals surface area contributed by atoms with E-state index in [0.29, 0.717) is 37.4 Å². The highest BCUT2D eigenvalue weighted by molar-refractivity contribution is 6.30. The predicted octanol–water partition coefficient (Wildman–Crippen LogP) is 3.68. The monoisotopic (exact) mass is 536 g/mol. The average molecular weight is 537 g/mol. The number of rotatable bonds is 6. The van der Waals surface area contributed by atoms with Gasteiger partial charge < -0.3 is 20.4 Å². The van der Waals surface area contributed by atoms with E-state index in [9.17, 15) is 14.4 Å². The van der Waals surface area contributed by atoms with Crippen molar-refractivity contribution in [2.45, 2.75) is 63.5 Å². The number of fused-ring (bicyclic) bond motifs is 1. The number of hydrogen-bond donors (Lipinski definition) is 2. The van der Waals surface area contributed by atoms with Gasteiger partial charge in [0.05, 0.1) is 5.41 Å². The Morgan fingerprint density at radius 3 is 2.37 bits per heavy atom. The molecular formula is C30H37ClN4O3. The van der Waals surface area contributed by atoms with Gasteiger partial charge in [0.1, 0.15) is 6.04 Å². The lowest BCUT2D eigenvalue weighted by Gasteiger charge is -2.39. The van der Waals surface area contributed by atoms with Gasteiger partial charge in [0, 0.05) is 42.2 Å². The number of carbonyl (C=O) groups is 3. The predicted molar refractivity (Wildman–Crippen MR) is 149 cm³/mol. The Bertz CT molecular complexity index is 1180. The van der Waals surface area contributed by atoms with Crippen molar-refractivity contribution in [1.29, 1.82) is 0 Å². The van der Waals surface area contributed by atoms with Crippen LogP contribution in [0, 0.1) is 5.92 Å². The zero-order valence-corrected chi connectivity index (χ0v) is 23.0. The molecule has 2 aromatic carbocycles. The van der Waals surface area contributed by atoms with E-state index in [4.69, 9.17) is 11.6 Å². The number of para-hydroxylation sites is 1. The molecule has 202 valence electrons. The molecule has 0 spiro atoms. The Balaban J connectivity index is 1.28. The van der Waals surface area contributed by atoms with Crippen LogP contribution in [0.25, 0.3) is 0 Å². The van der Waals surface area contributed by atoms with E-state index in [-0.39, 0.29) is 29.7 Å². The quantitative estimate of drug-likeness (QED) is 0.590. The molecule has 2 saturated heterocycles. The summed E-state index contributed by atoms with van der Waals surface area (Å²) >= 11 is 6.07. The molecular weight excluding hydrogens is 500 g/mol. The van der Waals surface area contributed by atoms with E-state index in [1.807, 2.05) is 72.2 Å². The minimum absolute atomic E-state index is 0.0461. The van der Waals surface area contributed by atoms with Crippen LogP contribution in [0.4, 0.5) is 5.69 Å². The topological polar surface area (TPSA) is 81.8 Å². The fraction of sp³-hybridized carbons (Fsp3) is 0.500. The third-order valence-electron chi connectivity index (χ3n) is 8.41. The molecule has 0 saturated carbocycles. The Hall–Kier alpha value is -2.90. The molecule has 38 heavy (non-hydrogen) atoms. The Morgan fingerprint density at radius 2 is 1.68 bits per heavy atom. The van der Waals surface area contributed by atoms with Gasteiger partial charge >= 0.3 is 0 Å². The summed E-state index contributed by atoms with van der Waals surface area (Å²) in [6.07, 6.45) is 3.38. The summed E-state index contributed by atoms with van der Waals surface area (Å²) in [6.45, 7) is 6.71. The van der Waals surface area contributed by atoms with Gasteiger partial charge in [-0.3, -0.25) is 14.4 Å². The first kappa shape index (κ1) is 26.7. The van der Waals surface area contributed by atoms with Crippen LogP contribution < -0.4 is 15.5 Å². The van der Waals surface area contributed by atoms with Gasteiger partial charge in [-0.2, -0.15) is 0 Å². The van der Waals surface area contributed by atoms with Crippen LogP contribution in [-0.2, 0) is 26.2 Å². The van der Waals surface area contributed by atoms with Crippen molar-refractivity contribution in [2.75, 3.05) is 31.1 Å². The molecule has 2 N–H and O–H groups in total. The number of anilines is 1. The van der Waals surface area contributed by atoms with Gasteiger partial charge in [0.2, 0.25) is 17.7 Å². The lowest BCUT2D eigenvalue weighted by Crippen LogP contribution is -2.55. The molecule has 0 aliphatic carbocycles. The van der Waals surface area contributed by atoms with E-state index in [0.717, 1.165) is 42.7 Å². The van der Waals surface area contributed by atoms with Crippen LogP contribution >= 0.6 is 11.6 Å². The summed E-state index contributed by atoms with van der Waals surface area (Å²) in [5.41, 5.74) is 2.45. The first-order valence-electron chi connectivity index (χ1n) is 13.7. The highest BCUT2D eigenvalue weighted by atomic mass is 35.5. The van der Waals surface area contributed by atoms with Crippen LogP contribution in [0.5, 0.6) is 0 Å². The summed E-state index contributed by atoms with van der Waals surface area (Å²) in [5.74, 6) is -0.0604. The molecule has 8 heteroatoms. The largest absolute Gasteiger partial charge is 0.344 e. The van der Waals surface area contributed by atoms with Crippen molar-refractivity contribution < 1.29 is 14.4 Å². The zero-order valence-electron chi connectivity index (χ0n) is 22.2. The number of nitrogens with one attached hydrogen (secondary N) is 2. The fourth-order valence-corrected chi connectivity index (χ4v) is 6.22. The van der Waals surface area contributed by atoms with E-state index in [1.165, 1.54) is 0 Å². The summed E-state index contributed by atoms with van der Waals surface area (Å²) in [6, 6.07) is 14.9. The highest BCUT2D eigenvalue weighted by Crippen LogP contribution is 2.43. The van der Waals surface area contributed by atoms with Crippen molar-refractivity contribution in [3.63, 3.8) is 0 Å². The average Bonchev–Trinajstić information content (AvgIpc) is 3.14. The smallest absolute Gasteiger partial charge is 0.245 e. The Kier molecular flexibility index (Phi) is 7.78. The molecule has 3 aliphatic rings. The summed E-state index contributed by atoms with van der Waals surface area (Å²) in [5, 5.41) is 7.01. The maximum absolute atomic E-state index is 13.8. The van der Waals surface area contributed by atoms with Gasteiger partial charge in [-0.05, 0) is 81.9 Å². The number of nitrogens with zero attached hydrogens (tertiary/aromatic N) is 2. The van der Waals surface area contributed by atoms with Crippen molar-refractivity contribution >= 4 is 35.0 Å². The van der Waals surface area contributed by atoms with Crippen LogP contribution in [0.3, 0.4) is 0 Å². The second-order valence-electron chi connectivity index (χ2n) is 11.3. The van der Waals surface area contributed by atoms with Gasteiger partial charge in [-0.25, -0.2) is 0 Å². The van der Waals surface area contributed by atoms with Gasteiger partial charge in [-0.15, -0.1) is 0 Å². The molecule has 3 amide bonds. The summed E-state index contributed by atoms with van der Waals surface area (Å²) in [7, 11) is 0. The number of piperidine rings is 2. The summed E-state index contributed by atoms with van der Waals surface area (Å²) in [4.78, 5) is 44.1. The van der Waals surface area contributed by atoms with Gasteiger partial charge in [0.15, 0.2) is 0 Å². The first-order valence-corrected chi connectivity index (χ1v) is 14.1. The molecule has 2 fully saturated rings. The molecule has 2 aromatic rings. The van der Waals surface area contributed by atoms with Crippen LogP contribution in [0.15, 0.2) is 48.5 Å². The number of likely N-dealkylation sites (tertiary alicyclic amines) is 1. The maximum atomic E-state index is 13.8. The normalized spacial score (nSPS) is 20.8.